The Morgan fingerprint density at radius 2 is 1.84 bits per heavy atom. The van der Waals surface area contributed by atoms with E-state index in [9.17, 15) is 10.1 Å². The van der Waals surface area contributed by atoms with Crippen LogP contribution in [-0.2, 0) is 0 Å². The first-order valence-electron chi connectivity index (χ1n) is 6.14. The van der Waals surface area contributed by atoms with Crippen molar-refractivity contribution in [3.05, 3.63) is 41.0 Å². The van der Waals surface area contributed by atoms with Crippen molar-refractivity contribution in [1.82, 2.24) is 14.8 Å². The van der Waals surface area contributed by atoms with Gasteiger partial charge in [0.05, 0.1) is 10.6 Å². The van der Waals surface area contributed by atoms with Crippen LogP contribution in [0.4, 0.5) is 11.4 Å². The van der Waals surface area contributed by atoms with Crippen LogP contribution >= 0.6 is 0 Å². The molecule has 0 saturated carbocycles. The van der Waals surface area contributed by atoms with E-state index < -0.39 is 0 Å². The molecule has 1 aromatic carbocycles. The monoisotopic (exact) mass is 259 g/mol. The number of benzene rings is 1. The molecule has 7 nitrogen and oxygen atoms in total. The Labute approximate surface area is 109 Å². The molecule has 0 bridgehead atoms. The maximum atomic E-state index is 11.2. The van der Waals surface area contributed by atoms with Gasteiger partial charge in [0.25, 0.3) is 5.69 Å². The Morgan fingerprint density at radius 3 is 2.47 bits per heavy atom. The zero-order valence-electron chi connectivity index (χ0n) is 10.3. The van der Waals surface area contributed by atoms with E-state index >= 15 is 0 Å². The van der Waals surface area contributed by atoms with Gasteiger partial charge in [-0.2, -0.15) is 0 Å². The van der Waals surface area contributed by atoms with Crippen LogP contribution in [0.15, 0.2) is 30.9 Å². The molecule has 1 aromatic heterocycles. The third-order valence-corrected chi connectivity index (χ3v) is 3.32. The van der Waals surface area contributed by atoms with Crippen LogP contribution in [-0.4, -0.2) is 32.8 Å². The van der Waals surface area contributed by atoms with Gasteiger partial charge in [0.1, 0.15) is 18.3 Å². The second-order valence-electron chi connectivity index (χ2n) is 4.49. The van der Waals surface area contributed by atoms with Crippen molar-refractivity contribution in [2.75, 3.05) is 18.0 Å². The van der Waals surface area contributed by atoms with Crippen LogP contribution in [0.2, 0.25) is 0 Å². The highest BCUT2D eigenvalue weighted by Crippen LogP contribution is 2.32. The highest BCUT2D eigenvalue weighted by Gasteiger charge is 2.22. The molecule has 19 heavy (non-hydrogen) atoms. The van der Waals surface area contributed by atoms with Crippen molar-refractivity contribution in [3.8, 4) is 5.69 Å². The summed E-state index contributed by atoms with van der Waals surface area (Å²) in [6, 6.07) is 5.22. The fourth-order valence-electron chi connectivity index (χ4n) is 2.38. The molecule has 1 aliphatic rings. The molecule has 2 aromatic rings. The standard InChI is InChI=1S/C12H13N5O2/c18-17(19)12-7-10(16-8-13-14-9-16)3-4-11(12)15-5-1-2-6-15/h3-4,7-9H,1-2,5-6H2. The number of rotatable bonds is 3. The lowest BCUT2D eigenvalue weighted by atomic mass is 10.2. The van der Waals surface area contributed by atoms with Crippen molar-refractivity contribution >= 4 is 11.4 Å². The van der Waals surface area contributed by atoms with E-state index in [0.717, 1.165) is 25.9 Å². The minimum Gasteiger partial charge on any atom is -0.366 e. The van der Waals surface area contributed by atoms with Crippen molar-refractivity contribution in [3.63, 3.8) is 0 Å². The first-order valence-corrected chi connectivity index (χ1v) is 6.14. The Bertz CT molecular complexity index is 590. The SMILES string of the molecule is O=[N+]([O-])c1cc(-n2cnnc2)ccc1N1CCCC1. The Hall–Kier alpha value is -2.44. The van der Waals surface area contributed by atoms with E-state index in [1.54, 1.807) is 16.7 Å². The van der Waals surface area contributed by atoms with E-state index in [4.69, 9.17) is 0 Å². The largest absolute Gasteiger partial charge is 0.366 e. The molecule has 0 radical (unpaired) electrons. The molecule has 0 aliphatic carbocycles. The number of nitro groups is 1. The fourth-order valence-corrected chi connectivity index (χ4v) is 2.38. The molecule has 98 valence electrons. The number of nitrogens with zero attached hydrogens (tertiary/aromatic N) is 5. The van der Waals surface area contributed by atoms with Crippen molar-refractivity contribution < 1.29 is 4.92 Å². The predicted octanol–water partition coefficient (Wildman–Crippen LogP) is 1.78. The second-order valence-corrected chi connectivity index (χ2v) is 4.49. The second kappa shape index (κ2) is 4.68. The molecule has 0 spiro atoms. The maximum absolute atomic E-state index is 11.2. The third-order valence-electron chi connectivity index (χ3n) is 3.32. The van der Waals surface area contributed by atoms with Gasteiger partial charge >= 0.3 is 0 Å². The minimum atomic E-state index is -0.332. The average Bonchev–Trinajstić information content (AvgIpc) is 3.11. The molecule has 3 rings (SSSR count). The number of hydrogen-bond acceptors (Lipinski definition) is 5. The van der Waals surface area contributed by atoms with Crippen LogP contribution in [0, 0.1) is 10.1 Å². The van der Waals surface area contributed by atoms with Crippen LogP contribution in [0.1, 0.15) is 12.8 Å². The minimum absolute atomic E-state index is 0.133. The van der Waals surface area contributed by atoms with Gasteiger partial charge in [0.15, 0.2) is 0 Å². The van der Waals surface area contributed by atoms with Gasteiger partial charge in [-0.05, 0) is 25.0 Å². The van der Waals surface area contributed by atoms with E-state index in [0.29, 0.717) is 11.4 Å². The molecule has 0 atom stereocenters. The summed E-state index contributed by atoms with van der Waals surface area (Å²) in [5.41, 5.74) is 1.52. The molecular weight excluding hydrogens is 246 g/mol. The molecule has 0 N–H and O–H groups in total. The summed E-state index contributed by atoms with van der Waals surface area (Å²) in [4.78, 5) is 13.0. The van der Waals surface area contributed by atoms with Crippen LogP contribution in [0.25, 0.3) is 5.69 Å². The van der Waals surface area contributed by atoms with E-state index in [1.165, 1.54) is 12.7 Å². The quantitative estimate of drug-likeness (QED) is 0.620. The smallest absolute Gasteiger partial charge is 0.294 e. The average molecular weight is 259 g/mol. The van der Waals surface area contributed by atoms with Gasteiger partial charge in [-0.15, -0.1) is 10.2 Å². The topological polar surface area (TPSA) is 77.1 Å². The summed E-state index contributed by atoms with van der Waals surface area (Å²) in [5.74, 6) is 0. The van der Waals surface area contributed by atoms with E-state index in [1.807, 2.05) is 6.07 Å². The normalized spacial score (nSPS) is 14.8. The Kier molecular flexibility index (Phi) is 2.86. The van der Waals surface area contributed by atoms with Gasteiger partial charge in [-0.1, -0.05) is 0 Å². The van der Waals surface area contributed by atoms with E-state index in [-0.39, 0.29) is 10.6 Å². The summed E-state index contributed by atoms with van der Waals surface area (Å²) < 4.78 is 1.65. The summed E-state index contributed by atoms with van der Waals surface area (Å²) in [6.45, 7) is 1.76. The summed E-state index contributed by atoms with van der Waals surface area (Å²) >= 11 is 0. The van der Waals surface area contributed by atoms with E-state index in [2.05, 4.69) is 15.1 Å². The lowest BCUT2D eigenvalue weighted by Gasteiger charge is -2.17. The first-order chi connectivity index (χ1) is 9.25. The fraction of sp³-hybridized carbons (Fsp3) is 0.333. The van der Waals surface area contributed by atoms with Crippen LogP contribution in [0.5, 0.6) is 0 Å². The van der Waals surface area contributed by atoms with Crippen molar-refractivity contribution in [1.29, 1.82) is 0 Å². The number of anilines is 1. The van der Waals surface area contributed by atoms with Gasteiger partial charge in [0.2, 0.25) is 0 Å². The lowest BCUT2D eigenvalue weighted by Crippen LogP contribution is -2.19. The molecule has 0 unspecified atom stereocenters. The molecule has 1 fully saturated rings. The molecular formula is C12H13N5O2. The molecule has 1 saturated heterocycles. The number of hydrogen-bond donors (Lipinski definition) is 0. The molecule has 7 heteroatoms. The highest BCUT2D eigenvalue weighted by atomic mass is 16.6. The molecule has 1 aliphatic heterocycles. The zero-order chi connectivity index (χ0) is 13.2. The highest BCUT2D eigenvalue weighted by molar-refractivity contribution is 5.67. The first kappa shape index (κ1) is 11.6. The zero-order valence-corrected chi connectivity index (χ0v) is 10.3. The lowest BCUT2D eigenvalue weighted by molar-refractivity contribution is -0.384. The number of aromatic nitrogens is 3. The Morgan fingerprint density at radius 1 is 1.16 bits per heavy atom. The van der Waals surface area contributed by atoms with Gasteiger partial charge in [-0.25, -0.2) is 0 Å². The molecule has 2 heterocycles. The van der Waals surface area contributed by atoms with Gasteiger partial charge in [-0.3, -0.25) is 14.7 Å². The van der Waals surface area contributed by atoms with Crippen molar-refractivity contribution in [2.45, 2.75) is 12.8 Å². The summed E-state index contributed by atoms with van der Waals surface area (Å²) in [7, 11) is 0. The Balaban J connectivity index is 2.04. The maximum Gasteiger partial charge on any atom is 0.294 e. The van der Waals surface area contributed by atoms with Gasteiger partial charge < -0.3 is 4.90 Å². The molecule has 0 amide bonds. The van der Waals surface area contributed by atoms with Crippen LogP contribution < -0.4 is 4.90 Å². The summed E-state index contributed by atoms with van der Waals surface area (Å²) in [5, 5.41) is 18.6. The predicted molar refractivity (Wildman–Crippen MR) is 69.5 cm³/mol. The van der Waals surface area contributed by atoms with Gasteiger partial charge in [0, 0.05) is 19.2 Å². The van der Waals surface area contributed by atoms with Crippen molar-refractivity contribution in [2.24, 2.45) is 0 Å². The third kappa shape index (κ3) is 2.14. The van der Waals surface area contributed by atoms with Crippen LogP contribution in [0.3, 0.4) is 0 Å². The summed E-state index contributed by atoms with van der Waals surface area (Å²) in [6.07, 6.45) is 5.22. The number of nitro benzene ring substituents is 1.